The van der Waals surface area contributed by atoms with E-state index in [1.165, 1.54) is 0 Å². The molecule has 1 saturated heterocycles. The molecule has 1 aliphatic heterocycles. The van der Waals surface area contributed by atoms with Gasteiger partial charge < -0.3 is 19.9 Å². The number of hydrogen-bond donors (Lipinski definition) is 2. The van der Waals surface area contributed by atoms with Crippen LogP contribution in [0, 0.1) is 12.8 Å². The summed E-state index contributed by atoms with van der Waals surface area (Å²) >= 11 is 0. The Morgan fingerprint density at radius 1 is 1.25 bits per heavy atom. The van der Waals surface area contributed by atoms with Gasteiger partial charge in [-0.1, -0.05) is 6.07 Å². The van der Waals surface area contributed by atoms with E-state index in [0.29, 0.717) is 30.8 Å². The maximum Gasteiger partial charge on any atom is 0.254 e. The third-order valence-electron chi connectivity index (χ3n) is 5.03. The zero-order valence-electron chi connectivity index (χ0n) is 15.9. The summed E-state index contributed by atoms with van der Waals surface area (Å²) in [4.78, 5) is 34.6. The fraction of sp³-hybridized carbons (Fsp3) is 0.286. The van der Waals surface area contributed by atoms with Gasteiger partial charge in [-0.3, -0.25) is 9.59 Å². The molecule has 0 spiro atoms. The largest absolute Gasteiger partial charge is 0.497 e. The summed E-state index contributed by atoms with van der Waals surface area (Å²) in [5.41, 5.74) is 3.04. The molecule has 144 valence electrons. The number of amides is 2. The van der Waals surface area contributed by atoms with Crippen molar-refractivity contribution in [3.8, 4) is 5.75 Å². The number of nitrogens with one attached hydrogen (secondary N) is 2. The molecular weight excluding hydrogens is 356 g/mol. The first-order chi connectivity index (χ1) is 13.5. The predicted molar refractivity (Wildman–Crippen MR) is 106 cm³/mol. The highest BCUT2D eigenvalue weighted by atomic mass is 16.5. The summed E-state index contributed by atoms with van der Waals surface area (Å²) in [6, 6.07) is 12.7. The van der Waals surface area contributed by atoms with Crippen molar-refractivity contribution in [2.45, 2.75) is 13.3 Å². The summed E-state index contributed by atoms with van der Waals surface area (Å²) in [5, 5.41) is 2.96. The lowest BCUT2D eigenvalue weighted by molar-refractivity contribution is -0.119. The van der Waals surface area contributed by atoms with Crippen LogP contribution in [-0.4, -0.2) is 46.9 Å². The van der Waals surface area contributed by atoms with Gasteiger partial charge in [-0.15, -0.1) is 0 Å². The Morgan fingerprint density at radius 2 is 2.11 bits per heavy atom. The van der Waals surface area contributed by atoms with Gasteiger partial charge in [-0.2, -0.15) is 0 Å². The van der Waals surface area contributed by atoms with E-state index in [1.54, 1.807) is 36.3 Å². The molecule has 0 aliphatic carbocycles. The van der Waals surface area contributed by atoms with Gasteiger partial charge in [0.1, 0.15) is 11.6 Å². The lowest BCUT2D eigenvalue weighted by Gasteiger charge is -2.17. The van der Waals surface area contributed by atoms with Gasteiger partial charge in [0, 0.05) is 24.3 Å². The van der Waals surface area contributed by atoms with Crippen LogP contribution in [0.25, 0.3) is 11.0 Å². The Balaban J connectivity index is 1.41. The number of benzene rings is 2. The Kier molecular flexibility index (Phi) is 4.73. The van der Waals surface area contributed by atoms with E-state index in [9.17, 15) is 9.59 Å². The molecule has 1 aliphatic rings. The number of anilines is 1. The van der Waals surface area contributed by atoms with Gasteiger partial charge in [0.05, 0.1) is 24.1 Å². The lowest BCUT2D eigenvalue weighted by atomic mass is 10.1. The van der Waals surface area contributed by atoms with Crippen molar-refractivity contribution >= 4 is 28.5 Å². The lowest BCUT2D eigenvalue weighted by Crippen LogP contribution is -2.31. The number of aromatic nitrogens is 2. The average Bonchev–Trinajstić information content (AvgIpc) is 3.33. The van der Waals surface area contributed by atoms with E-state index in [2.05, 4.69) is 15.3 Å². The summed E-state index contributed by atoms with van der Waals surface area (Å²) < 4.78 is 5.18. The second kappa shape index (κ2) is 7.34. The molecule has 7 heteroatoms. The van der Waals surface area contributed by atoms with Crippen molar-refractivity contribution < 1.29 is 14.3 Å². The molecule has 1 atom stereocenters. The van der Waals surface area contributed by atoms with Crippen molar-refractivity contribution in [2.75, 3.05) is 25.5 Å². The molecule has 2 amide bonds. The van der Waals surface area contributed by atoms with Crippen LogP contribution < -0.4 is 10.1 Å². The molecule has 0 unspecified atom stereocenters. The smallest absolute Gasteiger partial charge is 0.254 e. The van der Waals surface area contributed by atoms with Crippen molar-refractivity contribution in [3.05, 3.63) is 53.9 Å². The van der Waals surface area contributed by atoms with Crippen LogP contribution in [-0.2, 0) is 4.79 Å². The number of methoxy groups -OCH3 is 1. The van der Waals surface area contributed by atoms with Crippen LogP contribution in [0.15, 0.2) is 42.5 Å². The topological polar surface area (TPSA) is 87.3 Å². The number of hydrogen-bond acceptors (Lipinski definition) is 4. The maximum atomic E-state index is 12.7. The fourth-order valence-electron chi connectivity index (χ4n) is 3.56. The number of nitrogens with zero attached hydrogens (tertiary/aromatic N) is 2. The average molecular weight is 378 g/mol. The molecule has 0 bridgehead atoms. The molecule has 1 aromatic heterocycles. The monoisotopic (exact) mass is 378 g/mol. The normalized spacial score (nSPS) is 16.4. The Bertz CT molecular complexity index is 1040. The van der Waals surface area contributed by atoms with E-state index in [0.717, 1.165) is 22.5 Å². The van der Waals surface area contributed by atoms with Gasteiger partial charge in [-0.25, -0.2) is 4.98 Å². The molecule has 3 aromatic rings. The number of ether oxygens (including phenoxy) is 1. The summed E-state index contributed by atoms with van der Waals surface area (Å²) in [6.07, 6.45) is 0.646. The van der Waals surface area contributed by atoms with E-state index in [-0.39, 0.29) is 17.7 Å². The highest BCUT2D eigenvalue weighted by Crippen LogP contribution is 2.23. The third kappa shape index (κ3) is 3.55. The van der Waals surface area contributed by atoms with Crippen LogP contribution in [0.1, 0.15) is 22.6 Å². The van der Waals surface area contributed by atoms with Crippen LogP contribution in [0.3, 0.4) is 0 Å². The van der Waals surface area contributed by atoms with Crippen molar-refractivity contribution in [1.82, 2.24) is 14.9 Å². The quantitative estimate of drug-likeness (QED) is 0.731. The minimum absolute atomic E-state index is 0.0727. The molecule has 2 aromatic carbocycles. The molecule has 0 saturated carbocycles. The van der Waals surface area contributed by atoms with E-state index >= 15 is 0 Å². The number of carbonyl (C=O) groups is 2. The molecule has 2 heterocycles. The first-order valence-corrected chi connectivity index (χ1v) is 9.24. The molecule has 7 nitrogen and oxygen atoms in total. The van der Waals surface area contributed by atoms with E-state index < -0.39 is 0 Å². The van der Waals surface area contributed by atoms with Gasteiger partial charge in [0.15, 0.2) is 0 Å². The summed E-state index contributed by atoms with van der Waals surface area (Å²) in [5.74, 6) is 1.10. The number of carbonyl (C=O) groups excluding carboxylic acids is 2. The first kappa shape index (κ1) is 18.0. The Hall–Kier alpha value is -3.35. The minimum Gasteiger partial charge on any atom is -0.497 e. The number of aryl methyl sites for hydroxylation is 1. The molecule has 28 heavy (non-hydrogen) atoms. The zero-order chi connectivity index (χ0) is 19.7. The van der Waals surface area contributed by atoms with Gasteiger partial charge >= 0.3 is 0 Å². The molecule has 0 radical (unpaired) electrons. The predicted octanol–water partition coefficient (Wildman–Crippen LogP) is 2.98. The van der Waals surface area contributed by atoms with Crippen molar-refractivity contribution in [1.29, 1.82) is 0 Å². The van der Waals surface area contributed by atoms with Gasteiger partial charge in [0.25, 0.3) is 5.91 Å². The Morgan fingerprint density at radius 3 is 2.93 bits per heavy atom. The maximum absolute atomic E-state index is 12.7. The molecular formula is C21H22N4O3. The van der Waals surface area contributed by atoms with Gasteiger partial charge in [0.2, 0.25) is 5.91 Å². The van der Waals surface area contributed by atoms with Crippen LogP contribution in [0.4, 0.5) is 5.69 Å². The third-order valence-corrected chi connectivity index (χ3v) is 5.03. The van der Waals surface area contributed by atoms with E-state index in [1.807, 2.05) is 25.1 Å². The Labute approximate surface area is 162 Å². The summed E-state index contributed by atoms with van der Waals surface area (Å²) in [6.45, 7) is 2.87. The molecule has 4 rings (SSSR count). The van der Waals surface area contributed by atoms with Crippen molar-refractivity contribution in [2.24, 2.45) is 5.92 Å². The second-order valence-corrected chi connectivity index (χ2v) is 7.01. The number of aromatic amines is 1. The standard InChI is InChI=1S/C21H22N4O3/c1-13-22-18-7-6-16(11-19(18)23-13)24-20(26)15-8-9-25(12-15)21(27)14-4-3-5-17(10-14)28-2/h3-7,10-11,15H,8-9,12H2,1-2H3,(H,22,23)(H,24,26)/t15-/m0/s1. The highest BCUT2D eigenvalue weighted by molar-refractivity contribution is 5.97. The zero-order valence-corrected chi connectivity index (χ0v) is 15.9. The second-order valence-electron chi connectivity index (χ2n) is 7.01. The highest BCUT2D eigenvalue weighted by Gasteiger charge is 2.31. The number of imidazole rings is 1. The fourth-order valence-corrected chi connectivity index (χ4v) is 3.56. The number of likely N-dealkylation sites (tertiary alicyclic amines) is 1. The van der Waals surface area contributed by atoms with Crippen LogP contribution in [0.2, 0.25) is 0 Å². The first-order valence-electron chi connectivity index (χ1n) is 9.24. The van der Waals surface area contributed by atoms with Crippen LogP contribution >= 0.6 is 0 Å². The number of rotatable bonds is 4. The van der Waals surface area contributed by atoms with Crippen LogP contribution in [0.5, 0.6) is 5.75 Å². The van der Waals surface area contributed by atoms with E-state index in [4.69, 9.17) is 4.74 Å². The summed E-state index contributed by atoms with van der Waals surface area (Å²) in [7, 11) is 1.57. The SMILES string of the molecule is COc1cccc(C(=O)N2CC[C@H](C(=O)Nc3ccc4nc(C)[nH]c4c3)C2)c1. The van der Waals surface area contributed by atoms with Crippen molar-refractivity contribution in [3.63, 3.8) is 0 Å². The minimum atomic E-state index is -0.228. The number of fused-ring (bicyclic) bond motifs is 1. The number of H-pyrrole nitrogens is 1. The van der Waals surface area contributed by atoms with Gasteiger partial charge in [-0.05, 0) is 49.7 Å². The molecule has 2 N–H and O–H groups in total. The molecule has 1 fully saturated rings.